The van der Waals surface area contributed by atoms with Crippen LogP contribution in [0, 0.1) is 13.8 Å². The van der Waals surface area contributed by atoms with Crippen LogP contribution in [0.5, 0.6) is 0 Å². The summed E-state index contributed by atoms with van der Waals surface area (Å²) in [6, 6.07) is 7.42. The van der Waals surface area contributed by atoms with Crippen molar-refractivity contribution in [2.75, 3.05) is 26.2 Å². The van der Waals surface area contributed by atoms with E-state index in [1.807, 2.05) is 0 Å². The number of piperazine rings is 1. The molecule has 1 N–H and O–H groups in total. The summed E-state index contributed by atoms with van der Waals surface area (Å²) in [7, 11) is 0. The number of hydrogen-bond donors (Lipinski definition) is 1. The number of hydrogen-bond acceptors (Lipinski definition) is 2. The average Bonchev–Trinajstić information content (AvgIpc) is 2.28. The Hall–Kier alpha value is -0.860. The maximum atomic E-state index is 3.40. The van der Waals surface area contributed by atoms with Crippen molar-refractivity contribution in [3.05, 3.63) is 34.9 Å². The minimum atomic E-state index is 0.542. The van der Waals surface area contributed by atoms with Crippen LogP contribution in [0.25, 0.3) is 0 Å². The van der Waals surface area contributed by atoms with Crippen molar-refractivity contribution in [1.29, 1.82) is 0 Å². The average molecular weight is 218 g/mol. The zero-order valence-corrected chi connectivity index (χ0v) is 10.6. The van der Waals surface area contributed by atoms with Crippen LogP contribution in [0.4, 0.5) is 0 Å². The van der Waals surface area contributed by atoms with Gasteiger partial charge in [-0.1, -0.05) is 29.3 Å². The van der Waals surface area contributed by atoms with Gasteiger partial charge in [-0.05, 0) is 26.3 Å². The van der Waals surface area contributed by atoms with Crippen LogP contribution in [0.2, 0.25) is 0 Å². The van der Waals surface area contributed by atoms with E-state index in [0.717, 1.165) is 26.2 Å². The molecule has 1 aliphatic rings. The Morgan fingerprint density at radius 3 is 2.19 bits per heavy atom. The fourth-order valence-corrected chi connectivity index (χ4v) is 2.53. The van der Waals surface area contributed by atoms with Crippen molar-refractivity contribution < 1.29 is 0 Å². The molecule has 0 saturated carbocycles. The second-order valence-electron chi connectivity index (χ2n) is 4.88. The van der Waals surface area contributed by atoms with Gasteiger partial charge >= 0.3 is 0 Å². The van der Waals surface area contributed by atoms with E-state index in [4.69, 9.17) is 0 Å². The van der Waals surface area contributed by atoms with Crippen molar-refractivity contribution in [2.45, 2.75) is 26.8 Å². The second-order valence-corrected chi connectivity index (χ2v) is 4.88. The molecule has 1 aromatic carbocycles. The topological polar surface area (TPSA) is 15.3 Å². The predicted octanol–water partition coefficient (Wildman–Crippen LogP) is 2.27. The fourth-order valence-electron chi connectivity index (χ4n) is 2.53. The van der Waals surface area contributed by atoms with E-state index in [0.29, 0.717) is 6.04 Å². The molecule has 0 unspecified atom stereocenters. The summed E-state index contributed by atoms with van der Waals surface area (Å²) in [6.45, 7) is 11.2. The minimum absolute atomic E-state index is 0.542. The molecule has 0 aliphatic carbocycles. The molecular formula is C14H22N2. The van der Waals surface area contributed by atoms with Gasteiger partial charge in [0.2, 0.25) is 0 Å². The molecule has 0 bridgehead atoms. The highest BCUT2D eigenvalue weighted by Crippen LogP contribution is 2.22. The number of benzene rings is 1. The maximum Gasteiger partial charge on any atom is 0.0321 e. The summed E-state index contributed by atoms with van der Waals surface area (Å²) < 4.78 is 0. The molecule has 1 aliphatic heterocycles. The molecule has 1 aromatic rings. The van der Waals surface area contributed by atoms with Crippen molar-refractivity contribution in [2.24, 2.45) is 0 Å². The third kappa shape index (κ3) is 2.63. The van der Waals surface area contributed by atoms with Crippen LogP contribution in [-0.2, 0) is 0 Å². The van der Waals surface area contributed by atoms with E-state index in [9.17, 15) is 0 Å². The standard InChI is InChI=1S/C14H22N2/c1-11-8-12(2)10-14(9-11)13(3)16-6-4-15-5-7-16/h8-10,13,15H,4-7H2,1-3H3/t13-/m0/s1. The van der Waals surface area contributed by atoms with Crippen LogP contribution in [0.3, 0.4) is 0 Å². The van der Waals surface area contributed by atoms with Crippen LogP contribution in [-0.4, -0.2) is 31.1 Å². The van der Waals surface area contributed by atoms with E-state index in [-0.39, 0.29) is 0 Å². The van der Waals surface area contributed by atoms with Crippen LogP contribution >= 0.6 is 0 Å². The molecule has 0 aromatic heterocycles. The summed E-state index contributed by atoms with van der Waals surface area (Å²) in [4.78, 5) is 2.56. The lowest BCUT2D eigenvalue weighted by molar-refractivity contribution is 0.185. The van der Waals surface area contributed by atoms with Gasteiger partial charge in [0.15, 0.2) is 0 Å². The van der Waals surface area contributed by atoms with E-state index in [1.165, 1.54) is 16.7 Å². The normalized spacial score (nSPS) is 19.7. The number of rotatable bonds is 2. The van der Waals surface area contributed by atoms with Gasteiger partial charge in [-0.3, -0.25) is 4.90 Å². The summed E-state index contributed by atoms with van der Waals surface area (Å²) in [5.41, 5.74) is 4.20. The van der Waals surface area contributed by atoms with Gasteiger partial charge in [-0.25, -0.2) is 0 Å². The molecular weight excluding hydrogens is 196 g/mol. The molecule has 1 heterocycles. The number of nitrogens with zero attached hydrogens (tertiary/aromatic N) is 1. The number of nitrogens with one attached hydrogen (secondary N) is 1. The molecule has 1 atom stereocenters. The van der Waals surface area contributed by atoms with E-state index >= 15 is 0 Å². The highest BCUT2D eigenvalue weighted by Gasteiger charge is 2.17. The van der Waals surface area contributed by atoms with Gasteiger partial charge in [0.25, 0.3) is 0 Å². The van der Waals surface area contributed by atoms with Crippen molar-refractivity contribution in [1.82, 2.24) is 10.2 Å². The van der Waals surface area contributed by atoms with E-state index in [1.54, 1.807) is 0 Å². The predicted molar refractivity (Wildman–Crippen MR) is 68.8 cm³/mol. The zero-order valence-electron chi connectivity index (χ0n) is 10.6. The van der Waals surface area contributed by atoms with Crippen molar-refractivity contribution in [3.8, 4) is 0 Å². The van der Waals surface area contributed by atoms with Gasteiger partial charge in [-0.15, -0.1) is 0 Å². The monoisotopic (exact) mass is 218 g/mol. The first-order valence-electron chi connectivity index (χ1n) is 6.20. The Morgan fingerprint density at radius 2 is 1.62 bits per heavy atom. The first-order chi connectivity index (χ1) is 7.66. The molecule has 0 radical (unpaired) electrons. The van der Waals surface area contributed by atoms with Gasteiger partial charge in [0, 0.05) is 32.2 Å². The molecule has 2 nitrogen and oxygen atoms in total. The molecule has 16 heavy (non-hydrogen) atoms. The molecule has 0 amide bonds. The van der Waals surface area contributed by atoms with Crippen LogP contribution < -0.4 is 5.32 Å². The van der Waals surface area contributed by atoms with Crippen LogP contribution in [0.1, 0.15) is 29.7 Å². The van der Waals surface area contributed by atoms with Crippen LogP contribution in [0.15, 0.2) is 18.2 Å². The third-order valence-electron chi connectivity index (χ3n) is 3.43. The Morgan fingerprint density at radius 1 is 1.06 bits per heavy atom. The van der Waals surface area contributed by atoms with Crippen molar-refractivity contribution in [3.63, 3.8) is 0 Å². The van der Waals surface area contributed by atoms with Gasteiger partial charge < -0.3 is 5.32 Å². The SMILES string of the molecule is Cc1cc(C)cc([C@H](C)N2CCNCC2)c1. The maximum absolute atomic E-state index is 3.40. The highest BCUT2D eigenvalue weighted by atomic mass is 15.2. The lowest BCUT2D eigenvalue weighted by atomic mass is 10.0. The third-order valence-corrected chi connectivity index (χ3v) is 3.43. The van der Waals surface area contributed by atoms with Gasteiger partial charge in [-0.2, -0.15) is 0 Å². The summed E-state index contributed by atoms with van der Waals surface area (Å²) >= 11 is 0. The first-order valence-corrected chi connectivity index (χ1v) is 6.20. The zero-order chi connectivity index (χ0) is 11.5. The molecule has 1 saturated heterocycles. The Labute approximate surface area is 98.7 Å². The lowest BCUT2D eigenvalue weighted by Crippen LogP contribution is -2.44. The van der Waals surface area contributed by atoms with Gasteiger partial charge in [0.05, 0.1) is 0 Å². The highest BCUT2D eigenvalue weighted by molar-refractivity contribution is 5.30. The first kappa shape index (κ1) is 11.6. The smallest absolute Gasteiger partial charge is 0.0321 e. The van der Waals surface area contributed by atoms with Crippen molar-refractivity contribution >= 4 is 0 Å². The molecule has 2 heteroatoms. The Kier molecular flexibility index (Phi) is 3.62. The largest absolute Gasteiger partial charge is 0.314 e. The van der Waals surface area contributed by atoms with E-state index in [2.05, 4.69) is 49.2 Å². The summed E-state index contributed by atoms with van der Waals surface area (Å²) in [6.07, 6.45) is 0. The molecule has 0 spiro atoms. The summed E-state index contributed by atoms with van der Waals surface area (Å²) in [5.74, 6) is 0. The second kappa shape index (κ2) is 4.98. The Bertz CT molecular complexity index is 334. The number of aryl methyl sites for hydroxylation is 2. The quantitative estimate of drug-likeness (QED) is 0.819. The molecule has 88 valence electrons. The van der Waals surface area contributed by atoms with E-state index < -0.39 is 0 Å². The Balaban J connectivity index is 2.15. The van der Waals surface area contributed by atoms with Gasteiger partial charge in [0.1, 0.15) is 0 Å². The molecule has 1 fully saturated rings. The minimum Gasteiger partial charge on any atom is -0.314 e. The molecule has 2 rings (SSSR count). The summed E-state index contributed by atoms with van der Waals surface area (Å²) in [5, 5.41) is 3.40. The lowest BCUT2D eigenvalue weighted by Gasteiger charge is -2.33. The fraction of sp³-hybridized carbons (Fsp3) is 0.571.